The zero-order valence-corrected chi connectivity index (χ0v) is 8.38. The van der Waals surface area contributed by atoms with Crippen molar-refractivity contribution >= 4 is 5.91 Å². The second-order valence-electron chi connectivity index (χ2n) is 3.85. The second kappa shape index (κ2) is 5.22. The lowest BCUT2D eigenvalue weighted by Gasteiger charge is -2.29. The SMILES string of the molecule is CCC(CCN)C1CCNC(=O)C1. The van der Waals surface area contributed by atoms with Gasteiger partial charge in [0.25, 0.3) is 0 Å². The van der Waals surface area contributed by atoms with Gasteiger partial charge in [0, 0.05) is 13.0 Å². The average molecular weight is 184 g/mol. The van der Waals surface area contributed by atoms with Crippen molar-refractivity contribution in [2.24, 2.45) is 17.6 Å². The smallest absolute Gasteiger partial charge is 0.220 e. The summed E-state index contributed by atoms with van der Waals surface area (Å²) in [7, 11) is 0. The highest BCUT2D eigenvalue weighted by Crippen LogP contribution is 2.27. The number of nitrogens with one attached hydrogen (secondary N) is 1. The van der Waals surface area contributed by atoms with Crippen LogP contribution in [0.1, 0.15) is 32.6 Å². The van der Waals surface area contributed by atoms with Gasteiger partial charge in [-0.1, -0.05) is 13.3 Å². The van der Waals surface area contributed by atoms with E-state index in [0.29, 0.717) is 18.3 Å². The maximum atomic E-state index is 11.2. The lowest BCUT2D eigenvalue weighted by molar-refractivity contribution is -0.124. The molecule has 1 fully saturated rings. The highest BCUT2D eigenvalue weighted by molar-refractivity contribution is 5.76. The summed E-state index contributed by atoms with van der Waals surface area (Å²) >= 11 is 0. The molecule has 0 aromatic rings. The molecule has 1 amide bonds. The quantitative estimate of drug-likeness (QED) is 0.681. The van der Waals surface area contributed by atoms with E-state index in [1.54, 1.807) is 0 Å². The number of amides is 1. The lowest BCUT2D eigenvalue weighted by atomic mass is 9.81. The molecule has 3 nitrogen and oxygen atoms in total. The van der Waals surface area contributed by atoms with Gasteiger partial charge in [0.1, 0.15) is 0 Å². The van der Waals surface area contributed by atoms with Gasteiger partial charge in [-0.15, -0.1) is 0 Å². The minimum atomic E-state index is 0.215. The van der Waals surface area contributed by atoms with Crippen molar-refractivity contribution in [3.05, 3.63) is 0 Å². The van der Waals surface area contributed by atoms with Crippen LogP contribution < -0.4 is 11.1 Å². The Morgan fingerprint density at radius 3 is 3.00 bits per heavy atom. The van der Waals surface area contributed by atoms with E-state index in [-0.39, 0.29) is 5.91 Å². The molecule has 76 valence electrons. The summed E-state index contributed by atoms with van der Waals surface area (Å²) in [6.45, 7) is 3.79. The van der Waals surface area contributed by atoms with Crippen molar-refractivity contribution in [2.75, 3.05) is 13.1 Å². The van der Waals surface area contributed by atoms with Gasteiger partial charge < -0.3 is 11.1 Å². The second-order valence-corrected chi connectivity index (χ2v) is 3.85. The number of nitrogens with two attached hydrogens (primary N) is 1. The minimum absolute atomic E-state index is 0.215. The molecule has 1 aliphatic rings. The first-order valence-corrected chi connectivity index (χ1v) is 5.24. The third-order valence-electron chi connectivity index (χ3n) is 3.01. The summed E-state index contributed by atoms with van der Waals surface area (Å²) in [4.78, 5) is 11.2. The van der Waals surface area contributed by atoms with E-state index in [9.17, 15) is 4.79 Å². The first-order chi connectivity index (χ1) is 6.27. The van der Waals surface area contributed by atoms with Crippen LogP contribution in [-0.4, -0.2) is 19.0 Å². The van der Waals surface area contributed by atoms with Crippen LogP contribution in [0.4, 0.5) is 0 Å². The maximum absolute atomic E-state index is 11.2. The summed E-state index contributed by atoms with van der Waals surface area (Å²) in [5.74, 6) is 1.44. The normalized spacial score (nSPS) is 25.4. The van der Waals surface area contributed by atoms with E-state index < -0.39 is 0 Å². The zero-order valence-electron chi connectivity index (χ0n) is 8.38. The molecule has 0 aromatic carbocycles. The third-order valence-corrected chi connectivity index (χ3v) is 3.01. The molecule has 0 aliphatic carbocycles. The van der Waals surface area contributed by atoms with Crippen LogP contribution in [-0.2, 0) is 4.79 Å². The van der Waals surface area contributed by atoms with Crippen molar-refractivity contribution < 1.29 is 4.79 Å². The van der Waals surface area contributed by atoms with E-state index in [1.165, 1.54) is 0 Å². The molecule has 0 bridgehead atoms. The van der Waals surface area contributed by atoms with Crippen LogP contribution in [0.25, 0.3) is 0 Å². The number of carbonyl (C=O) groups is 1. The average Bonchev–Trinajstić information content (AvgIpc) is 2.14. The molecule has 13 heavy (non-hydrogen) atoms. The van der Waals surface area contributed by atoms with Gasteiger partial charge >= 0.3 is 0 Å². The van der Waals surface area contributed by atoms with E-state index in [0.717, 1.165) is 32.4 Å². The van der Waals surface area contributed by atoms with Crippen molar-refractivity contribution in [1.29, 1.82) is 0 Å². The number of hydrogen-bond donors (Lipinski definition) is 2. The van der Waals surface area contributed by atoms with Gasteiger partial charge in [0.05, 0.1) is 0 Å². The third kappa shape index (κ3) is 2.99. The fourth-order valence-electron chi connectivity index (χ4n) is 2.20. The predicted octanol–water partition coefficient (Wildman–Crippen LogP) is 0.888. The summed E-state index contributed by atoms with van der Waals surface area (Å²) < 4.78 is 0. The Hall–Kier alpha value is -0.570. The van der Waals surface area contributed by atoms with Crippen LogP contribution >= 0.6 is 0 Å². The van der Waals surface area contributed by atoms with Crippen molar-refractivity contribution in [3.63, 3.8) is 0 Å². The first-order valence-electron chi connectivity index (χ1n) is 5.24. The zero-order chi connectivity index (χ0) is 9.68. The van der Waals surface area contributed by atoms with Crippen molar-refractivity contribution in [2.45, 2.75) is 32.6 Å². The fourth-order valence-corrected chi connectivity index (χ4v) is 2.20. The van der Waals surface area contributed by atoms with E-state index in [1.807, 2.05) is 0 Å². The lowest BCUT2D eigenvalue weighted by Crippen LogP contribution is -2.36. The monoisotopic (exact) mass is 184 g/mol. The maximum Gasteiger partial charge on any atom is 0.220 e. The largest absolute Gasteiger partial charge is 0.356 e. The van der Waals surface area contributed by atoms with Gasteiger partial charge in [-0.3, -0.25) is 4.79 Å². The number of piperidine rings is 1. The molecule has 0 radical (unpaired) electrons. The molecule has 1 rings (SSSR count). The van der Waals surface area contributed by atoms with E-state index >= 15 is 0 Å². The van der Waals surface area contributed by atoms with Crippen LogP contribution in [0.15, 0.2) is 0 Å². The predicted molar refractivity (Wildman–Crippen MR) is 53.2 cm³/mol. The van der Waals surface area contributed by atoms with Gasteiger partial charge in [0.2, 0.25) is 5.91 Å². The molecule has 1 heterocycles. The van der Waals surface area contributed by atoms with Crippen LogP contribution in [0.3, 0.4) is 0 Å². The molecule has 0 saturated carbocycles. The highest BCUT2D eigenvalue weighted by atomic mass is 16.1. The van der Waals surface area contributed by atoms with E-state index in [4.69, 9.17) is 5.73 Å². The molecular weight excluding hydrogens is 164 g/mol. The molecule has 3 N–H and O–H groups in total. The number of rotatable bonds is 4. The topological polar surface area (TPSA) is 55.1 Å². The first kappa shape index (κ1) is 10.5. The van der Waals surface area contributed by atoms with Gasteiger partial charge in [0.15, 0.2) is 0 Å². The Morgan fingerprint density at radius 1 is 1.69 bits per heavy atom. The van der Waals surface area contributed by atoms with Crippen LogP contribution in [0.5, 0.6) is 0 Å². The Balaban J connectivity index is 2.42. The molecule has 1 aliphatic heterocycles. The summed E-state index contributed by atoms with van der Waals surface area (Å²) in [5, 5.41) is 2.86. The van der Waals surface area contributed by atoms with E-state index in [2.05, 4.69) is 12.2 Å². The molecule has 0 spiro atoms. The molecular formula is C10H20N2O. The van der Waals surface area contributed by atoms with Gasteiger partial charge in [-0.2, -0.15) is 0 Å². The molecule has 3 heteroatoms. The Bertz CT molecular complexity index is 170. The van der Waals surface area contributed by atoms with Crippen molar-refractivity contribution in [3.8, 4) is 0 Å². The number of carbonyl (C=O) groups excluding carboxylic acids is 1. The highest BCUT2D eigenvalue weighted by Gasteiger charge is 2.25. The van der Waals surface area contributed by atoms with Crippen LogP contribution in [0.2, 0.25) is 0 Å². The molecule has 1 saturated heterocycles. The standard InChI is InChI=1S/C10H20N2O/c1-2-8(3-5-11)9-4-6-12-10(13)7-9/h8-9H,2-7,11H2,1H3,(H,12,13). The van der Waals surface area contributed by atoms with Gasteiger partial charge in [-0.25, -0.2) is 0 Å². The Labute approximate surface area is 80.1 Å². The molecule has 2 unspecified atom stereocenters. The van der Waals surface area contributed by atoms with Crippen molar-refractivity contribution in [1.82, 2.24) is 5.32 Å². The fraction of sp³-hybridized carbons (Fsp3) is 0.900. The Kier molecular flexibility index (Phi) is 4.22. The molecule has 0 aromatic heterocycles. The Morgan fingerprint density at radius 2 is 2.46 bits per heavy atom. The number of hydrogen-bond acceptors (Lipinski definition) is 2. The summed E-state index contributed by atoms with van der Waals surface area (Å²) in [6.07, 6.45) is 4.05. The molecule has 2 atom stereocenters. The van der Waals surface area contributed by atoms with Gasteiger partial charge in [-0.05, 0) is 31.2 Å². The summed E-state index contributed by atoms with van der Waals surface area (Å²) in [5.41, 5.74) is 5.55. The van der Waals surface area contributed by atoms with Crippen LogP contribution in [0, 0.1) is 11.8 Å². The minimum Gasteiger partial charge on any atom is -0.356 e. The summed E-state index contributed by atoms with van der Waals surface area (Å²) in [6, 6.07) is 0.